The van der Waals surface area contributed by atoms with Gasteiger partial charge in [0.15, 0.2) is 11.5 Å². The number of hydrogen-bond donors (Lipinski definition) is 1. The topological polar surface area (TPSA) is 71.0 Å². The van der Waals surface area contributed by atoms with Gasteiger partial charge in [-0.3, -0.25) is 4.79 Å². The van der Waals surface area contributed by atoms with Crippen LogP contribution >= 0.6 is 0 Å². The molecule has 7 heteroatoms. The molecule has 0 atom stereocenters. The van der Waals surface area contributed by atoms with Crippen LogP contribution in [0.3, 0.4) is 0 Å². The minimum Gasteiger partial charge on any atom is -0.497 e. The number of ether oxygens (including phenoxy) is 4. The van der Waals surface area contributed by atoms with Crippen molar-refractivity contribution in [2.24, 2.45) is 0 Å². The molecule has 0 unspecified atom stereocenters. The maximum absolute atomic E-state index is 13.3. The number of benzene rings is 3. The first-order valence-electron chi connectivity index (χ1n) is 12.0. The van der Waals surface area contributed by atoms with E-state index in [9.17, 15) is 4.79 Å². The molecule has 192 valence electrons. The van der Waals surface area contributed by atoms with Crippen molar-refractivity contribution >= 4 is 5.91 Å². The van der Waals surface area contributed by atoms with Gasteiger partial charge in [0.05, 0.1) is 45.4 Å². The van der Waals surface area contributed by atoms with E-state index in [4.69, 9.17) is 18.9 Å². The summed E-state index contributed by atoms with van der Waals surface area (Å²) in [5, 5.41) is 3.07. The molecule has 0 bridgehead atoms. The van der Waals surface area contributed by atoms with Gasteiger partial charge in [-0.2, -0.15) is 0 Å². The summed E-state index contributed by atoms with van der Waals surface area (Å²) in [6.45, 7) is 2.42. The second-order valence-electron chi connectivity index (χ2n) is 8.50. The number of nitrogens with zero attached hydrogens (tertiary/aromatic N) is 1. The molecule has 0 aliphatic heterocycles. The number of amides is 1. The summed E-state index contributed by atoms with van der Waals surface area (Å²) in [6.07, 6.45) is 0.657. The van der Waals surface area contributed by atoms with E-state index in [0.29, 0.717) is 41.5 Å². The first-order chi connectivity index (χ1) is 18.0. The predicted octanol–water partition coefficient (Wildman–Crippen LogP) is 5.46. The normalized spacial score (nSPS) is 10.6. The van der Waals surface area contributed by atoms with Crippen molar-refractivity contribution in [1.29, 1.82) is 0 Å². The molecule has 7 nitrogen and oxygen atoms in total. The van der Waals surface area contributed by atoms with Crippen molar-refractivity contribution in [3.63, 3.8) is 0 Å². The summed E-state index contributed by atoms with van der Waals surface area (Å²) >= 11 is 0. The lowest BCUT2D eigenvalue weighted by Gasteiger charge is -2.15. The molecule has 3 aromatic carbocycles. The van der Waals surface area contributed by atoms with E-state index in [1.165, 1.54) is 0 Å². The van der Waals surface area contributed by atoms with Crippen LogP contribution in [0.2, 0.25) is 0 Å². The van der Waals surface area contributed by atoms with Crippen molar-refractivity contribution in [1.82, 2.24) is 9.88 Å². The van der Waals surface area contributed by atoms with Crippen LogP contribution < -0.4 is 24.3 Å². The molecule has 1 aromatic heterocycles. The van der Waals surface area contributed by atoms with Crippen LogP contribution in [0.15, 0.2) is 72.8 Å². The zero-order valence-corrected chi connectivity index (χ0v) is 21.8. The van der Waals surface area contributed by atoms with E-state index < -0.39 is 0 Å². The van der Waals surface area contributed by atoms with Crippen LogP contribution in [-0.4, -0.2) is 45.5 Å². The zero-order chi connectivity index (χ0) is 26.4. The summed E-state index contributed by atoms with van der Waals surface area (Å²) in [5.74, 6) is 2.55. The fourth-order valence-corrected chi connectivity index (χ4v) is 4.36. The fourth-order valence-electron chi connectivity index (χ4n) is 4.36. The van der Waals surface area contributed by atoms with Crippen LogP contribution in [-0.2, 0) is 6.42 Å². The van der Waals surface area contributed by atoms with Crippen molar-refractivity contribution < 1.29 is 23.7 Å². The van der Waals surface area contributed by atoms with Gasteiger partial charge in [-0.05, 0) is 42.7 Å². The lowest BCUT2D eigenvalue weighted by Crippen LogP contribution is -2.26. The molecule has 0 saturated heterocycles. The lowest BCUT2D eigenvalue weighted by molar-refractivity contribution is 0.0953. The van der Waals surface area contributed by atoms with Gasteiger partial charge in [-0.15, -0.1) is 0 Å². The van der Waals surface area contributed by atoms with Gasteiger partial charge in [0.2, 0.25) is 0 Å². The first kappa shape index (κ1) is 25.7. The molecule has 0 aliphatic carbocycles. The molecule has 4 rings (SSSR count). The van der Waals surface area contributed by atoms with Gasteiger partial charge in [0.1, 0.15) is 11.5 Å². The predicted molar refractivity (Wildman–Crippen MR) is 145 cm³/mol. The average molecular weight is 501 g/mol. The number of hydrogen-bond acceptors (Lipinski definition) is 5. The van der Waals surface area contributed by atoms with Gasteiger partial charge in [-0.1, -0.05) is 36.4 Å². The summed E-state index contributed by atoms with van der Waals surface area (Å²) in [4.78, 5) is 13.3. The van der Waals surface area contributed by atoms with Crippen molar-refractivity contribution in [3.8, 4) is 39.9 Å². The standard InChI is InChI=1S/C30H32N2O5/c1-20-26(30(33)31-14-13-21-11-12-28(36-4)29(15-21)37-5)19-27(22-9-7-6-8-10-22)32(20)23-16-24(34-2)18-25(17-23)35-3/h6-12,15-19H,13-14H2,1-5H3,(H,31,33). The van der Waals surface area contributed by atoms with Gasteiger partial charge in [-0.25, -0.2) is 0 Å². The maximum atomic E-state index is 13.3. The van der Waals surface area contributed by atoms with E-state index in [1.54, 1.807) is 28.4 Å². The third kappa shape index (κ3) is 5.56. The van der Waals surface area contributed by atoms with Crippen LogP contribution in [0.4, 0.5) is 0 Å². The number of methoxy groups -OCH3 is 4. The molecule has 1 heterocycles. The average Bonchev–Trinajstić information content (AvgIpc) is 3.29. The minimum atomic E-state index is -0.135. The Morgan fingerprint density at radius 1 is 0.784 bits per heavy atom. The quantitative estimate of drug-likeness (QED) is 0.313. The molecular weight excluding hydrogens is 468 g/mol. The molecule has 0 spiro atoms. The third-order valence-corrected chi connectivity index (χ3v) is 6.30. The fraction of sp³-hybridized carbons (Fsp3) is 0.233. The monoisotopic (exact) mass is 500 g/mol. The number of carbonyl (C=O) groups excluding carboxylic acids is 1. The van der Waals surface area contributed by atoms with E-state index in [1.807, 2.05) is 79.7 Å². The highest BCUT2D eigenvalue weighted by atomic mass is 16.5. The maximum Gasteiger partial charge on any atom is 0.253 e. The Kier molecular flexibility index (Phi) is 8.03. The highest BCUT2D eigenvalue weighted by Crippen LogP contribution is 2.33. The van der Waals surface area contributed by atoms with Crippen molar-refractivity contribution in [2.75, 3.05) is 35.0 Å². The second kappa shape index (κ2) is 11.6. The molecule has 0 fully saturated rings. The van der Waals surface area contributed by atoms with Crippen LogP contribution in [0.1, 0.15) is 21.6 Å². The summed E-state index contributed by atoms with van der Waals surface area (Å²) in [7, 11) is 6.46. The van der Waals surface area contributed by atoms with E-state index in [0.717, 1.165) is 28.2 Å². The highest BCUT2D eigenvalue weighted by Gasteiger charge is 2.20. The molecule has 1 N–H and O–H groups in total. The smallest absolute Gasteiger partial charge is 0.253 e. The van der Waals surface area contributed by atoms with Gasteiger partial charge >= 0.3 is 0 Å². The van der Waals surface area contributed by atoms with E-state index in [-0.39, 0.29) is 5.91 Å². The lowest BCUT2D eigenvalue weighted by atomic mass is 10.1. The van der Waals surface area contributed by atoms with Gasteiger partial charge < -0.3 is 28.8 Å². The molecule has 0 aliphatic rings. The van der Waals surface area contributed by atoms with Crippen molar-refractivity contribution in [2.45, 2.75) is 13.3 Å². The van der Waals surface area contributed by atoms with Gasteiger partial charge in [0, 0.05) is 30.4 Å². The Hall–Kier alpha value is -4.39. The minimum absolute atomic E-state index is 0.135. The number of aromatic nitrogens is 1. The van der Waals surface area contributed by atoms with Gasteiger partial charge in [0.25, 0.3) is 5.91 Å². The Morgan fingerprint density at radius 2 is 1.46 bits per heavy atom. The number of carbonyl (C=O) groups is 1. The summed E-state index contributed by atoms with van der Waals surface area (Å²) in [6, 6.07) is 23.4. The number of nitrogens with one attached hydrogen (secondary N) is 1. The van der Waals surface area contributed by atoms with Crippen LogP contribution in [0.25, 0.3) is 16.9 Å². The Morgan fingerprint density at radius 3 is 2.08 bits per heavy atom. The Balaban J connectivity index is 1.64. The molecule has 0 saturated carbocycles. The van der Waals surface area contributed by atoms with E-state index >= 15 is 0 Å². The Bertz CT molecular complexity index is 1360. The third-order valence-electron chi connectivity index (χ3n) is 6.30. The number of rotatable bonds is 10. The molecular formula is C30H32N2O5. The highest BCUT2D eigenvalue weighted by molar-refractivity contribution is 5.97. The SMILES string of the molecule is COc1cc(OC)cc(-n2c(-c3ccccc3)cc(C(=O)NCCc3ccc(OC)c(OC)c3)c2C)c1. The second-order valence-corrected chi connectivity index (χ2v) is 8.50. The van der Waals surface area contributed by atoms with Crippen LogP contribution in [0.5, 0.6) is 23.0 Å². The molecule has 37 heavy (non-hydrogen) atoms. The first-order valence-corrected chi connectivity index (χ1v) is 12.0. The van der Waals surface area contributed by atoms with E-state index in [2.05, 4.69) is 9.88 Å². The molecule has 1 amide bonds. The zero-order valence-electron chi connectivity index (χ0n) is 21.8. The molecule has 0 radical (unpaired) electrons. The Labute approximate surface area is 217 Å². The summed E-state index contributed by atoms with van der Waals surface area (Å²) in [5.41, 5.74) is 5.21. The van der Waals surface area contributed by atoms with Crippen molar-refractivity contribution in [3.05, 3.63) is 89.6 Å². The van der Waals surface area contributed by atoms with Crippen LogP contribution in [0, 0.1) is 6.92 Å². The molecule has 4 aromatic rings. The largest absolute Gasteiger partial charge is 0.497 e. The summed E-state index contributed by atoms with van der Waals surface area (Å²) < 4.78 is 23.7.